The first-order valence-electron chi connectivity index (χ1n) is 11.7. The second kappa shape index (κ2) is 11.2. The highest BCUT2D eigenvalue weighted by Crippen LogP contribution is 2.34. The minimum atomic E-state index is -0.611. The van der Waals surface area contributed by atoms with Crippen molar-refractivity contribution >= 4 is 39.9 Å². The number of benzene rings is 1. The van der Waals surface area contributed by atoms with E-state index in [-0.39, 0.29) is 30.6 Å². The van der Waals surface area contributed by atoms with Crippen LogP contribution in [0.2, 0.25) is 0 Å². The van der Waals surface area contributed by atoms with E-state index >= 15 is 0 Å². The predicted molar refractivity (Wildman–Crippen MR) is 131 cm³/mol. The van der Waals surface area contributed by atoms with Gasteiger partial charge in [0.15, 0.2) is 11.0 Å². The standard InChI is InChI=1S/C24H28N6O4S/c1-16(31)29-24(12-4-2-3-5-13-24)22-27-20(34-30-22)11-10-19(32)26-18-8-6-17(7-9-18)21(33)28-23-25-14-15-35-23/h6-9,14-15H,2-5,10-13H2,1H3,(H,26,32)(H,29,31)(H,25,28,33). The number of aryl methyl sites for hydroxylation is 1. The van der Waals surface area contributed by atoms with Crippen molar-refractivity contribution in [2.75, 3.05) is 10.6 Å². The molecule has 0 spiro atoms. The van der Waals surface area contributed by atoms with Crippen LogP contribution in [0.5, 0.6) is 0 Å². The molecule has 3 N–H and O–H groups in total. The van der Waals surface area contributed by atoms with E-state index in [1.165, 1.54) is 18.3 Å². The molecule has 0 atom stereocenters. The Bertz CT molecular complexity index is 1150. The summed E-state index contributed by atoms with van der Waals surface area (Å²) in [6, 6.07) is 6.61. The lowest BCUT2D eigenvalue weighted by Gasteiger charge is -2.30. The maximum absolute atomic E-state index is 12.4. The van der Waals surface area contributed by atoms with E-state index in [4.69, 9.17) is 4.52 Å². The third-order valence-corrected chi connectivity index (χ3v) is 6.61. The fraction of sp³-hybridized carbons (Fsp3) is 0.417. The quantitative estimate of drug-likeness (QED) is 0.400. The van der Waals surface area contributed by atoms with Crippen LogP contribution in [-0.4, -0.2) is 32.8 Å². The van der Waals surface area contributed by atoms with E-state index in [1.807, 2.05) is 0 Å². The molecule has 10 nitrogen and oxygen atoms in total. The van der Waals surface area contributed by atoms with Gasteiger partial charge >= 0.3 is 0 Å². The molecule has 35 heavy (non-hydrogen) atoms. The Kier molecular flexibility index (Phi) is 7.86. The fourth-order valence-corrected chi connectivity index (χ4v) is 4.75. The van der Waals surface area contributed by atoms with Crippen LogP contribution in [-0.2, 0) is 21.5 Å². The van der Waals surface area contributed by atoms with Gasteiger partial charge in [-0.05, 0) is 37.1 Å². The molecule has 1 aliphatic rings. The number of carbonyl (C=O) groups is 3. The summed E-state index contributed by atoms with van der Waals surface area (Å²) in [5.74, 6) is 0.241. The third-order valence-electron chi connectivity index (χ3n) is 5.92. The second-order valence-corrected chi connectivity index (χ2v) is 9.50. The average molecular weight is 497 g/mol. The van der Waals surface area contributed by atoms with Crippen molar-refractivity contribution in [1.29, 1.82) is 0 Å². The molecule has 2 heterocycles. The van der Waals surface area contributed by atoms with Crippen molar-refractivity contribution in [1.82, 2.24) is 20.4 Å². The van der Waals surface area contributed by atoms with Crippen molar-refractivity contribution in [2.24, 2.45) is 0 Å². The molecular weight excluding hydrogens is 468 g/mol. The lowest BCUT2D eigenvalue weighted by Crippen LogP contribution is -2.45. The van der Waals surface area contributed by atoms with Gasteiger partial charge in [-0.1, -0.05) is 30.8 Å². The molecule has 0 saturated heterocycles. The zero-order valence-corrected chi connectivity index (χ0v) is 20.3. The van der Waals surface area contributed by atoms with Gasteiger partial charge in [-0.25, -0.2) is 4.98 Å². The number of rotatable bonds is 8. The molecule has 1 aromatic carbocycles. The Morgan fingerprint density at radius 1 is 1.06 bits per heavy atom. The third kappa shape index (κ3) is 6.50. The molecule has 1 fully saturated rings. The second-order valence-electron chi connectivity index (χ2n) is 8.61. The lowest BCUT2D eigenvalue weighted by atomic mass is 9.89. The van der Waals surface area contributed by atoms with Crippen molar-refractivity contribution in [2.45, 2.75) is 63.8 Å². The molecule has 1 aliphatic carbocycles. The fourth-order valence-electron chi connectivity index (χ4n) is 4.23. The minimum Gasteiger partial charge on any atom is -0.343 e. The van der Waals surface area contributed by atoms with E-state index in [1.54, 1.807) is 35.8 Å². The largest absolute Gasteiger partial charge is 0.343 e. The van der Waals surface area contributed by atoms with Crippen LogP contribution in [0.3, 0.4) is 0 Å². The monoisotopic (exact) mass is 496 g/mol. The van der Waals surface area contributed by atoms with Gasteiger partial charge in [0.25, 0.3) is 5.91 Å². The molecule has 2 aromatic heterocycles. The van der Waals surface area contributed by atoms with Gasteiger partial charge in [-0.15, -0.1) is 11.3 Å². The van der Waals surface area contributed by atoms with Gasteiger partial charge in [-0.3, -0.25) is 19.7 Å². The van der Waals surface area contributed by atoms with Gasteiger partial charge < -0.3 is 15.2 Å². The minimum absolute atomic E-state index is 0.121. The Morgan fingerprint density at radius 2 is 1.80 bits per heavy atom. The SMILES string of the molecule is CC(=O)NC1(c2noc(CCC(=O)Nc3ccc(C(=O)Nc4nccs4)cc3)n2)CCCCCC1. The Balaban J connectivity index is 1.31. The molecule has 11 heteroatoms. The summed E-state index contributed by atoms with van der Waals surface area (Å²) in [6.07, 6.45) is 7.79. The number of hydrogen-bond acceptors (Lipinski definition) is 8. The highest BCUT2D eigenvalue weighted by atomic mass is 32.1. The van der Waals surface area contributed by atoms with Gasteiger partial charge in [-0.2, -0.15) is 4.98 Å². The first-order chi connectivity index (χ1) is 16.9. The van der Waals surface area contributed by atoms with Crippen molar-refractivity contribution in [3.8, 4) is 0 Å². The van der Waals surface area contributed by atoms with Crippen LogP contribution < -0.4 is 16.0 Å². The van der Waals surface area contributed by atoms with E-state index in [2.05, 4.69) is 31.1 Å². The first-order valence-corrected chi connectivity index (χ1v) is 12.5. The van der Waals surface area contributed by atoms with Crippen LogP contribution >= 0.6 is 11.3 Å². The number of nitrogens with one attached hydrogen (secondary N) is 3. The maximum atomic E-state index is 12.4. The molecule has 3 amide bonds. The number of carbonyl (C=O) groups excluding carboxylic acids is 3. The van der Waals surface area contributed by atoms with Crippen molar-refractivity contribution < 1.29 is 18.9 Å². The number of amides is 3. The van der Waals surface area contributed by atoms with E-state index in [0.717, 1.165) is 38.5 Å². The molecule has 1 saturated carbocycles. The molecule has 3 aromatic rings. The van der Waals surface area contributed by atoms with Gasteiger partial charge in [0, 0.05) is 42.6 Å². The molecule has 0 bridgehead atoms. The van der Waals surface area contributed by atoms with Gasteiger partial charge in [0.1, 0.15) is 5.54 Å². The summed E-state index contributed by atoms with van der Waals surface area (Å²) < 4.78 is 5.41. The molecule has 0 radical (unpaired) electrons. The number of anilines is 2. The zero-order valence-electron chi connectivity index (χ0n) is 19.5. The summed E-state index contributed by atoms with van der Waals surface area (Å²) in [4.78, 5) is 45.1. The van der Waals surface area contributed by atoms with Crippen LogP contribution in [0.25, 0.3) is 0 Å². The van der Waals surface area contributed by atoms with E-state index in [9.17, 15) is 14.4 Å². The summed E-state index contributed by atoms with van der Waals surface area (Å²) in [7, 11) is 0. The van der Waals surface area contributed by atoms with Crippen molar-refractivity contribution in [3.63, 3.8) is 0 Å². The maximum Gasteiger partial charge on any atom is 0.257 e. The Morgan fingerprint density at radius 3 is 2.46 bits per heavy atom. The average Bonchev–Trinajstić information content (AvgIpc) is 3.47. The highest BCUT2D eigenvalue weighted by molar-refractivity contribution is 7.13. The zero-order chi connectivity index (χ0) is 24.7. The van der Waals surface area contributed by atoms with Gasteiger partial charge in [0.2, 0.25) is 17.7 Å². The number of aromatic nitrogens is 3. The van der Waals surface area contributed by atoms with E-state index < -0.39 is 5.54 Å². The van der Waals surface area contributed by atoms with Crippen LogP contribution in [0.4, 0.5) is 10.8 Å². The topological polar surface area (TPSA) is 139 Å². The number of thiazole rings is 1. The van der Waals surface area contributed by atoms with Crippen molar-refractivity contribution in [3.05, 3.63) is 53.1 Å². The predicted octanol–water partition coefficient (Wildman–Crippen LogP) is 4.04. The molecule has 4 rings (SSSR count). The lowest BCUT2D eigenvalue weighted by molar-refractivity contribution is -0.121. The number of hydrogen-bond donors (Lipinski definition) is 3. The molecular formula is C24H28N6O4S. The van der Waals surface area contributed by atoms with Gasteiger partial charge in [0.05, 0.1) is 0 Å². The summed E-state index contributed by atoms with van der Waals surface area (Å²) in [5, 5.41) is 15.0. The molecule has 0 unspecified atom stereocenters. The number of nitrogens with zero attached hydrogens (tertiary/aromatic N) is 3. The summed E-state index contributed by atoms with van der Waals surface area (Å²) >= 11 is 1.34. The Hall–Kier alpha value is -3.60. The Labute approximate surface area is 206 Å². The van der Waals surface area contributed by atoms with Crippen LogP contribution in [0.15, 0.2) is 40.4 Å². The van der Waals surface area contributed by atoms with Crippen LogP contribution in [0.1, 0.15) is 73.9 Å². The normalized spacial score (nSPS) is 15.1. The highest BCUT2D eigenvalue weighted by Gasteiger charge is 2.38. The smallest absolute Gasteiger partial charge is 0.257 e. The first kappa shape index (κ1) is 24.5. The molecule has 0 aliphatic heterocycles. The molecule has 184 valence electrons. The van der Waals surface area contributed by atoms with Crippen LogP contribution in [0, 0.1) is 0 Å². The van der Waals surface area contributed by atoms with E-state index in [0.29, 0.717) is 28.1 Å². The summed E-state index contributed by atoms with van der Waals surface area (Å²) in [6.45, 7) is 1.50. The summed E-state index contributed by atoms with van der Waals surface area (Å²) in [5.41, 5.74) is 0.429.